The summed E-state index contributed by atoms with van der Waals surface area (Å²) in [7, 11) is 0. The molecule has 1 N–H and O–H groups in total. The second-order valence-corrected chi connectivity index (χ2v) is 3.87. The monoisotopic (exact) mass is 232 g/mol. The third-order valence-corrected chi connectivity index (χ3v) is 2.51. The van der Waals surface area contributed by atoms with E-state index >= 15 is 0 Å². The Balaban J connectivity index is 2.06. The van der Waals surface area contributed by atoms with Crippen LogP contribution in [0.4, 0.5) is 0 Å². The van der Waals surface area contributed by atoms with E-state index in [0.717, 1.165) is 18.1 Å². The van der Waals surface area contributed by atoms with E-state index in [9.17, 15) is 5.11 Å². The first-order valence-electron chi connectivity index (χ1n) is 5.63. The average molecular weight is 232 g/mol. The lowest BCUT2D eigenvalue weighted by Gasteiger charge is -2.07. The Hall–Kier alpha value is -1.97. The molecule has 0 aliphatic heterocycles. The van der Waals surface area contributed by atoms with Crippen molar-refractivity contribution in [2.24, 2.45) is 0 Å². The van der Waals surface area contributed by atoms with Gasteiger partial charge < -0.3 is 14.4 Å². The molecule has 1 aromatic carbocycles. The van der Waals surface area contributed by atoms with Crippen LogP contribution in [-0.2, 0) is 13.2 Å². The lowest BCUT2D eigenvalue weighted by molar-refractivity contribution is 0.288. The van der Waals surface area contributed by atoms with Crippen LogP contribution in [0.25, 0.3) is 0 Å². The summed E-state index contributed by atoms with van der Waals surface area (Å²) in [5.41, 5.74) is 0.987. The number of aromatic hydroxyl groups is 1. The Bertz CT molecular complexity index is 506. The standard InChI is InChI=1S/C13H16N2O2/c1-3-15-8-10(2)14-13(15)9-17-12-6-4-5-11(16)7-12/h4-8,16H,3,9H2,1-2H3. The van der Waals surface area contributed by atoms with E-state index in [4.69, 9.17) is 4.74 Å². The predicted octanol–water partition coefficient (Wildman–Crippen LogP) is 2.50. The third-order valence-electron chi connectivity index (χ3n) is 2.51. The molecular formula is C13H16N2O2. The van der Waals surface area contributed by atoms with Gasteiger partial charge in [0.15, 0.2) is 0 Å². The molecule has 2 aromatic rings. The lowest BCUT2D eigenvalue weighted by Crippen LogP contribution is -2.05. The molecule has 0 spiro atoms. The molecule has 0 bridgehead atoms. The van der Waals surface area contributed by atoms with Gasteiger partial charge in [0.2, 0.25) is 0 Å². The number of aryl methyl sites for hydroxylation is 2. The molecule has 2 rings (SSSR count). The van der Waals surface area contributed by atoms with Crippen LogP contribution in [0, 0.1) is 6.92 Å². The summed E-state index contributed by atoms with van der Waals surface area (Å²) in [4.78, 5) is 4.39. The molecule has 0 fully saturated rings. The average Bonchev–Trinajstić information content (AvgIpc) is 2.67. The van der Waals surface area contributed by atoms with Crippen molar-refractivity contribution in [3.05, 3.63) is 42.0 Å². The summed E-state index contributed by atoms with van der Waals surface area (Å²) in [5.74, 6) is 1.75. The van der Waals surface area contributed by atoms with Crippen LogP contribution in [0.15, 0.2) is 30.5 Å². The van der Waals surface area contributed by atoms with E-state index in [1.165, 1.54) is 0 Å². The Morgan fingerprint density at radius 3 is 2.94 bits per heavy atom. The molecule has 1 aromatic heterocycles. The van der Waals surface area contributed by atoms with Gasteiger partial charge in [0.05, 0.1) is 5.69 Å². The Morgan fingerprint density at radius 1 is 1.41 bits per heavy atom. The number of hydrogen-bond donors (Lipinski definition) is 1. The number of aromatic nitrogens is 2. The van der Waals surface area contributed by atoms with E-state index in [1.807, 2.05) is 19.2 Å². The zero-order valence-corrected chi connectivity index (χ0v) is 10.1. The highest BCUT2D eigenvalue weighted by molar-refractivity contribution is 5.31. The van der Waals surface area contributed by atoms with Crippen molar-refractivity contribution in [2.75, 3.05) is 0 Å². The van der Waals surface area contributed by atoms with Crippen LogP contribution in [0.5, 0.6) is 11.5 Å². The maximum atomic E-state index is 9.31. The van der Waals surface area contributed by atoms with Gasteiger partial charge >= 0.3 is 0 Å². The number of phenols is 1. The molecule has 0 saturated carbocycles. The molecule has 0 amide bonds. The molecule has 17 heavy (non-hydrogen) atoms. The molecular weight excluding hydrogens is 216 g/mol. The van der Waals surface area contributed by atoms with Crippen molar-refractivity contribution in [2.45, 2.75) is 27.0 Å². The van der Waals surface area contributed by atoms with Gasteiger partial charge in [-0.25, -0.2) is 4.98 Å². The molecule has 0 saturated heterocycles. The molecule has 0 aliphatic carbocycles. The topological polar surface area (TPSA) is 47.3 Å². The fourth-order valence-electron chi connectivity index (χ4n) is 1.71. The van der Waals surface area contributed by atoms with E-state index < -0.39 is 0 Å². The van der Waals surface area contributed by atoms with Gasteiger partial charge in [0, 0.05) is 18.8 Å². The van der Waals surface area contributed by atoms with E-state index in [0.29, 0.717) is 12.4 Å². The Kier molecular flexibility index (Phi) is 3.32. The summed E-state index contributed by atoms with van der Waals surface area (Å²) in [6, 6.07) is 6.77. The molecule has 0 unspecified atom stereocenters. The molecule has 0 atom stereocenters. The highest BCUT2D eigenvalue weighted by atomic mass is 16.5. The number of ether oxygens (including phenoxy) is 1. The maximum absolute atomic E-state index is 9.31. The minimum Gasteiger partial charge on any atom is -0.508 e. The third kappa shape index (κ3) is 2.78. The van der Waals surface area contributed by atoms with Crippen LogP contribution in [-0.4, -0.2) is 14.7 Å². The van der Waals surface area contributed by atoms with Gasteiger partial charge in [-0.15, -0.1) is 0 Å². The van der Waals surface area contributed by atoms with E-state index in [2.05, 4.69) is 16.5 Å². The molecule has 0 radical (unpaired) electrons. The van der Waals surface area contributed by atoms with Crippen molar-refractivity contribution >= 4 is 0 Å². The zero-order chi connectivity index (χ0) is 12.3. The van der Waals surface area contributed by atoms with Crippen molar-refractivity contribution in [1.29, 1.82) is 0 Å². The van der Waals surface area contributed by atoms with Crippen LogP contribution >= 0.6 is 0 Å². The molecule has 1 heterocycles. The summed E-state index contributed by atoms with van der Waals surface area (Å²) in [5, 5.41) is 9.31. The lowest BCUT2D eigenvalue weighted by atomic mass is 10.3. The summed E-state index contributed by atoms with van der Waals surface area (Å²) in [6.07, 6.45) is 2.00. The van der Waals surface area contributed by atoms with Gasteiger partial charge in [-0.2, -0.15) is 0 Å². The molecule has 4 nitrogen and oxygen atoms in total. The summed E-state index contributed by atoms with van der Waals surface area (Å²) in [6.45, 7) is 5.31. The Labute approximate surface area is 100 Å². The van der Waals surface area contributed by atoms with Gasteiger partial charge in [-0.05, 0) is 26.0 Å². The fraction of sp³-hybridized carbons (Fsp3) is 0.308. The number of nitrogens with zero attached hydrogens (tertiary/aromatic N) is 2. The fourth-order valence-corrected chi connectivity index (χ4v) is 1.71. The van der Waals surface area contributed by atoms with Gasteiger partial charge in [-0.3, -0.25) is 0 Å². The van der Waals surface area contributed by atoms with Gasteiger partial charge in [-0.1, -0.05) is 6.07 Å². The largest absolute Gasteiger partial charge is 0.508 e. The minimum absolute atomic E-state index is 0.206. The summed E-state index contributed by atoms with van der Waals surface area (Å²) >= 11 is 0. The normalized spacial score (nSPS) is 10.5. The number of rotatable bonds is 4. The first-order valence-corrected chi connectivity index (χ1v) is 5.63. The van der Waals surface area contributed by atoms with Crippen molar-refractivity contribution < 1.29 is 9.84 Å². The zero-order valence-electron chi connectivity index (χ0n) is 10.1. The van der Waals surface area contributed by atoms with Crippen LogP contribution in [0.2, 0.25) is 0 Å². The number of imidazole rings is 1. The predicted molar refractivity (Wildman–Crippen MR) is 65.1 cm³/mol. The van der Waals surface area contributed by atoms with Crippen LogP contribution < -0.4 is 4.74 Å². The first kappa shape index (κ1) is 11.5. The quantitative estimate of drug-likeness (QED) is 0.881. The van der Waals surface area contributed by atoms with E-state index in [-0.39, 0.29) is 5.75 Å². The van der Waals surface area contributed by atoms with Crippen molar-refractivity contribution in [1.82, 2.24) is 9.55 Å². The SMILES string of the molecule is CCn1cc(C)nc1COc1cccc(O)c1. The van der Waals surface area contributed by atoms with E-state index in [1.54, 1.807) is 18.2 Å². The maximum Gasteiger partial charge on any atom is 0.147 e. The van der Waals surface area contributed by atoms with Crippen LogP contribution in [0.1, 0.15) is 18.4 Å². The minimum atomic E-state index is 0.206. The first-order chi connectivity index (χ1) is 8.19. The van der Waals surface area contributed by atoms with Crippen LogP contribution in [0.3, 0.4) is 0 Å². The number of benzene rings is 1. The second kappa shape index (κ2) is 4.91. The number of phenolic OH excluding ortho intramolecular Hbond substituents is 1. The molecule has 0 aliphatic rings. The Morgan fingerprint density at radius 2 is 2.24 bits per heavy atom. The van der Waals surface area contributed by atoms with Crippen molar-refractivity contribution in [3.63, 3.8) is 0 Å². The molecule has 90 valence electrons. The van der Waals surface area contributed by atoms with Gasteiger partial charge in [0.25, 0.3) is 0 Å². The molecule has 4 heteroatoms. The highest BCUT2D eigenvalue weighted by Gasteiger charge is 2.05. The smallest absolute Gasteiger partial charge is 0.147 e. The van der Waals surface area contributed by atoms with Crippen molar-refractivity contribution in [3.8, 4) is 11.5 Å². The number of hydrogen-bond acceptors (Lipinski definition) is 3. The van der Waals surface area contributed by atoms with Gasteiger partial charge in [0.1, 0.15) is 23.9 Å². The second-order valence-electron chi connectivity index (χ2n) is 3.87. The highest BCUT2D eigenvalue weighted by Crippen LogP contribution is 2.18. The summed E-state index contributed by atoms with van der Waals surface area (Å²) < 4.78 is 7.64.